The average Bonchev–Trinajstić information content (AvgIpc) is 2.24. The van der Waals surface area contributed by atoms with E-state index in [4.69, 9.17) is 5.53 Å². The van der Waals surface area contributed by atoms with Crippen molar-refractivity contribution in [1.29, 1.82) is 5.53 Å². The molecule has 1 saturated carbocycles. The lowest BCUT2D eigenvalue weighted by atomic mass is 9.90. The highest BCUT2D eigenvalue weighted by Crippen LogP contribution is 2.27. The summed E-state index contributed by atoms with van der Waals surface area (Å²) in [7, 11) is 0. The fraction of sp³-hybridized carbons (Fsp3) is 1.00. The molecule has 1 fully saturated rings. The molecule has 0 unspecified atom stereocenters. The van der Waals surface area contributed by atoms with Crippen molar-refractivity contribution in [2.45, 2.75) is 76.7 Å². The fourth-order valence-corrected chi connectivity index (χ4v) is 2.31. The molecule has 0 aromatic rings. The van der Waals surface area contributed by atoms with Crippen LogP contribution in [0, 0.1) is 5.53 Å². The maximum absolute atomic E-state index is 7.27. The van der Waals surface area contributed by atoms with E-state index in [1.807, 2.05) is 0 Å². The van der Waals surface area contributed by atoms with Gasteiger partial charge in [-0.05, 0) is 19.8 Å². The molecule has 0 aromatic heterocycles. The summed E-state index contributed by atoms with van der Waals surface area (Å²) in [6, 6.07) is 0. The van der Waals surface area contributed by atoms with Crippen LogP contribution in [0.1, 0.15) is 71.1 Å². The van der Waals surface area contributed by atoms with E-state index in [1.165, 1.54) is 51.4 Å². The summed E-state index contributed by atoms with van der Waals surface area (Å²) in [5.41, 5.74) is 7.23. The van der Waals surface area contributed by atoms with E-state index < -0.39 is 0 Å². The van der Waals surface area contributed by atoms with Crippen molar-refractivity contribution in [3.05, 3.63) is 0 Å². The van der Waals surface area contributed by atoms with Gasteiger partial charge in [0.15, 0.2) is 0 Å². The second-order valence-corrected chi connectivity index (χ2v) is 4.94. The molecule has 1 aliphatic rings. The summed E-state index contributed by atoms with van der Waals surface area (Å²) in [6.45, 7) is 2.15. The Bertz CT molecular complexity index is 154. The first-order chi connectivity index (χ1) is 6.77. The third-order valence-electron chi connectivity index (χ3n) is 3.45. The smallest absolute Gasteiger partial charge is 0.0785 e. The predicted molar refractivity (Wildman–Crippen MR) is 59.7 cm³/mol. The highest BCUT2D eigenvalue weighted by atomic mass is 15.0. The van der Waals surface area contributed by atoms with E-state index in [0.717, 1.165) is 12.8 Å². The molecule has 14 heavy (non-hydrogen) atoms. The van der Waals surface area contributed by atoms with Gasteiger partial charge >= 0.3 is 0 Å². The SMILES string of the molecule is CC1(N=N)CCCCCCCCCC1. The van der Waals surface area contributed by atoms with Crippen LogP contribution in [0.15, 0.2) is 5.11 Å². The van der Waals surface area contributed by atoms with E-state index >= 15 is 0 Å². The zero-order chi connectivity index (χ0) is 10.3. The van der Waals surface area contributed by atoms with Gasteiger partial charge < -0.3 is 0 Å². The Kier molecular flexibility index (Phi) is 5.13. The first-order valence-corrected chi connectivity index (χ1v) is 6.15. The van der Waals surface area contributed by atoms with Gasteiger partial charge in [-0.2, -0.15) is 5.11 Å². The predicted octanol–water partition coefficient (Wildman–Crippen LogP) is 4.69. The standard InChI is InChI=1S/C12H24N2/c1-12(14-13)10-8-6-4-2-3-5-7-9-11-12/h13H,2-11H2,1H3. The molecule has 0 bridgehead atoms. The summed E-state index contributed by atoms with van der Waals surface area (Å²) in [6.07, 6.45) is 13.0. The van der Waals surface area contributed by atoms with Crippen LogP contribution in [-0.4, -0.2) is 5.54 Å². The third-order valence-corrected chi connectivity index (χ3v) is 3.45. The van der Waals surface area contributed by atoms with E-state index in [1.54, 1.807) is 0 Å². The minimum absolute atomic E-state index is 0.0374. The van der Waals surface area contributed by atoms with Gasteiger partial charge in [0.1, 0.15) is 0 Å². The quantitative estimate of drug-likeness (QED) is 0.591. The molecular weight excluding hydrogens is 172 g/mol. The van der Waals surface area contributed by atoms with Crippen molar-refractivity contribution in [1.82, 2.24) is 0 Å². The van der Waals surface area contributed by atoms with E-state index in [0.29, 0.717) is 0 Å². The molecule has 0 amide bonds. The highest BCUT2D eigenvalue weighted by molar-refractivity contribution is 4.80. The molecule has 0 aliphatic heterocycles. The summed E-state index contributed by atoms with van der Waals surface area (Å²) >= 11 is 0. The van der Waals surface area contributed by atoms with Crippen LogP contribution in [-0.2, 0) is 0 Å². The lowest BCUT2D eigenvalue weighted by Gasteiger charge is -2.22. The number of nitrogens with one attached hydrogen (secondary N) is 1. The average molecular weight is 196 g/mol. The van der Waals surface area contributed by atoms with Crippen LogP contribution < -0.4 is 0 Å². The minimum atomic E-state index is -0.0374. The van der Waals surface area contributed by atoms with Crippen molar-refractivity contribution < 1.29 is 0 Å². The zero-order valence-corrected chi connectivity index (χ0v) is 9.52. The van der Waals surface area contributed by atoms with Gasteiger partial charge in [-0.15, -0.1) is 0 Å². The maximum Gasteiger partial charge on any atom is 0.0785 e. The highest BCUT2D eigenvalue weighted by Gasteiger charge is 2.22. The Morgan fingerprint density at radius 3 is 1.50 bits per heavy atom. The van der Waals surface area contributed by atoms with Crippen LogP contribution in [0.2, 0.25) is 0 Å². The Balaban J connectivity index is 2.39. The van der Waals surface area contributed by atoms with Crippen LogP contribution in [0.3, 0.4) is 0 Å². The van der Waals surface area contributed by atoms with E-state index in [9.17, 15) is 0 Å². The van der Waals surface area contributed by atoms with Gasteiger partial charge in [-0.3, -0.25) is 0 Å². The Labute approximate surface area is 88.0 Å². The van der Waals surface area contributed by atoms with Crippen LogP contribution in [0.25, 0.3) is 0 Å². The Morgan fingerprint density at radius 2 is 1.14 bits per heavy atom. The van der Waals surface area contributed by atoms with Gasteiger partial charge in [0, 0.05) is 0 Å². The summed E-state index contributed by atoms with van der Waals surface area (Å²) in [4.78, 5) is 0. The molecule has 82 valence electrons. The van der Waals surface area contributed by atoms with E-state index in [2.05, 4.69) is 12.0 Å². The second-order valence-electron chi connectivity index (χ2n) is 4.94. The Morgan fingerprint density at radius 1 is 0.786 bits per heavy atom. The number of nitrogens with zero attached hydrogens (tertiary/aromatic N) is 1. The molecule has 1 aliphatic carbocycles. The van der Waals surface area contributed by atoms with Crippen molar-refractivity contribution in [3.8, 4) is 0 Å². The molecule has 2 nitrogen and oxygen atoms in total. The number of hydrogen-bond donors (Lipinski definition) is 1. The molecule has 1 N–H and O–H groups in total. The molecule has 0 aromatic carbocycles. The summed E-state index contributed by atoms with van der Waals surface area (Å²) < 4.78 is 0. The number of hydrogen-bond acceptors (Lipinski definition) is 2. The van der Waals surface area contributed by atoms with Gasteiger partial charge in [-0.1, -0.05) is 51.4 Å². The van der Waals surface area contributed by atoms with Crippen LogP contribution >= 0.6 is 0 Å². The van der Waals surface area contributed by atoms with Crippen molar-refractivity contribution >= 4 is 0 Å². The molecule has 2 heteroatoms. The third kappa shape index (κ3) is 4.21. The second kappa shape index (κ2) is 6.15. The molecule has 0 saturated heterocycles. The van der Waals surface area contributed by atoms with Gasteiger partial charge in [0.2, 0.25) is 0 Å². The molecule has 0 spiro atoms. The summed E-state index contributed by atoms with van der Waals surface area (Å²) in [5, 5.41) is 3.83. The normalized spacial score (nSPS) is 24.9. The molecule has 0 atom stereocenters. The van der Waals surface area contributed by atoms with Gasteiger partial charge in [0.25, 0.3) is 0 Å². The molecule has 0 heterocycles. The molecule has 0 radical (unpaired) electrons. The fourth-order valence-electron chi connectivity index (χ4n) is 2.31. The van der Waals surface area contributed by atoms with E-state index in [-0.39, 0.29) is 5.54 Å². The Hall–Kier alpha value is -0.400. The van der Waals surface area contributed by atoms with Crippen LogP contribution in [0.5, 0.6) is 0 Å². The van der Waals surface area contributed by atoms with Crippen LogP contribution in [0.4, 0.5) is 0 Å². The molecular formula is C12H24N2. The maximum atomic E-state index is 7.27. The lowest BCUT2D eigenvalue weighted by molar-refractivity contribution is 0.352. The zero-order valence-electron chi connectivity index (χ0n) is 9.52. The number of rotatable bonds is 1. The van der Waals surface area contributed by atoms with Gasteiger partial charge in [0.05, 0.1) is 5.54 Å². The molecule has 1 rings (SSSR count). The first-order valence-electron chi connectivity index (χ1n) is 6.15. The van der Waals surface area contributed by atoms with Crippen molar-refractivity contribution in [3.63, 3.8) is 0 Å². The van der Waals surface area contributed by atoms with Crippen molar-refractivity contribution in [2.75, 3.05) is 0 Å². The van der Waals surface area contributed by atoms with Crippen molar-refractivity contribution in [2.24, 2.45) is 5.11 Å². The topological polar surface area (TPSA) is 36.2 Å². The minimum Gasteiger partial charge on any atom is -0.209 e. The lowest BCUT2D eigenvalue weighted by Crippen LogP contribution is -2.20. The largest absolute Gasteiger partial charge is 0.209 e. The first kappa shape index (κ1) is 11.7. The summed E-state index contributed by atoms with van der Waals surface area (Å²) in [5.74, 6) is 0. The monoisotopic (exact) mass is 196 g/mol. The van der Waals surface area contributed by atoms with Gasteiger partial charge in [-0.25, -0.2) is 5.53 Å².